The Bertz CT molecular complexity index is 275. The predicted molar refractivity (Wildman–Crippen MR) is 67.9 cm³/mol. The minimum Gasteiger partial charge on any atom is -0.481 e. The smallest absolute Gasteiger partial charge is 0.304 e. The number of carbonyl (C=O) groups is 1. The number of rotatable bonds is 5. The minimum absolute atomic E-state index is 0.303. The first-order chi connectivity index (χ1) is 8.08. The van der Waals surface area contributed by atoms with Gasteiger partial charge in [0.1, 0.15) is 0 Å². The summed E-state index contributed by atoms with van der Waals surface area (Å²) in [6, 6.07) is 1.34. The van der Waals surface area contributed by atoms with E-state index in [2.05, 4.69) is 18.7 Å². The number of hydrogen-bond donors (Lipinski definition) is 1. The van der Waals surface area contributed by atoms with Gasteiger partial charge in [-0.15, -0.1) is 0 Å². The number of hydrogen-bond acceptors (Lipinski definition) is 2. The Morgan fingerprint density at radius 1 is 1.12 bits per heavy atom. The van der Waals surface area contributed by atoms with E-state index < -0.39 is 5.97 Å². The molecule has 0 amide bonds. The first-order valence-electron chi connectivity index (χ1n) is 7.05. The van der Waals surface area contributed by atoms with Crippen molar-refractivity contribution in [2.24, 2.45) is 11.8 Å². The maximum Gasteiger partial charge on any atom is 0.304 e. The van der Waals surface area contributed by atoms with Crippen LogP contribution < -0.4 is 0 Å². The molecule has 0 heterocycles. The summed E-state index contributed by atoms with van der Waals surface area (Å²) in [6.07, 6.45) is 6.69. The number of aliphatic carboxylic acids is 1. The molecule has 3 atom stereocenters. The fraction of sp³-hybridized carbons (Fsp3) is 0.929. The Balaban J connectivity index is 1.89. The van der Waals surface area contributed by atoms with E-state index in [0.717, 1.165) is 18.4 Å². The van der Waals surface area contributed by atoms with Gasteiger partial charge in [0.05, 0.1) is 6.42 Å². The third-order valence-electron chi connectivity index (χ3n) is 4.64. The Hall–Kier alpha value is -0.570. The monoisotopic (exact) mass is 239 g/mol. The van der Waals surface area contributed by atoms with Crippen LogP contribution in [0.1, 0.15) is 52.4 Å². The van der Waals surface area contributed by atoms with Crippen molar-refractivity contribution in [3.63, 3.8) is 0 Å². The number of nitrogens with zero attached hydrogens (tertiary/aromatic N) is 1. The van der Waals surface area contributed by atoms with Crippen LogP contribution in [0.5, 0.6) is 0 Å². The number of carboxylic acids is 1. The van der Waals surface area contributed by atoms with Crippen LogP contribution in [0.3, 0.4) is 0 Å². The topological polar surface area (TPSA) is 40.5 Å². The highest BCUT2D eigenvalue weighted by Crippen LogP contribution is 2.37. The molecular weight excluding hydrogens is 214 g/mol. The maximum atomic E-state index is 10.7. The maximum absolute atomic E-state index is 10.7. The van der Waals surface area contributed by atoms with E-state index in [0.29, 0.717) is 18.5 Å². The third-order valence-corrected chi connectivity index (χ3v) is 4.64. The SMILES string of the molecule is CC1CCC(N(CCC(=O)O)C2CC2)CC1C. The highest BCUT2D eigenvalue weighted by molar-refractivity contribution is 5.66. The third kappa shape index (κ3) is 3.44. The molecule has 0 saturated heterocycles. The molecule has 2 saturated carbocycles. The zero-order valence-electron chi connectivity index (χ0n) is 11.1. The molecule has 0 aromatic carbocycles. The Labute approximate surface area is 104 Å². The van der Waals surface area contributed by atoms with Gasteiger partial charge in [-0.3, -0.25) is 9.69 Å². The zero-order chi connectivity index (χ0) is 12.4. The van der Waals surface area contributed by atoms with Crippen LogP contribution in [-0.4, -0.2) is 34.6 Å². The van der Waals surface area contributed by atoms with Crippen LogP contribution >= 0.6 is 0 Å². The van der Waals surface area contributed by atoms with E-state index in [-0.39, 0.29) is 0 Å². The van der Waals surface area contributed by atoms with Crippen LogP contribution in [0.2, 0.25) is 0 Å². The van der Waals surface area contributed by atoms with Crippen molar-refractivity contribution in [2.45, 2.75) is 64.5 Å². The van der Waals surface area contributed by atoms with Gasteiger partial charge in [0.15, 0.2) is 0 Å². The molecule has 3 heteroatoms. The predicted octanol–water partition coefficient (Wildman–Crippen LogP) is 2.75. The van der Waals surface area contributed by atoms with Crippen molar-refractivity contribution in [3.8, 4) is 0 Å². The summed E-state index contributed by atoms with van der Waals surface area (Å²) in [5, 5.41) is 8.83. The van der Waals surface area contributed by atoms with Gasteiger partial charge < -0.3 is 5.11 Å². The summed E-state index contributed by atoms with van der Waals surface area (Å²) < 4.78 is 0. The molecule has 3 unspecified atom stereocenters. The van der Waals surface area contributed by atoms with E-state index in [9.17, 15) is 4.79 Å². The van der Waals surface area contributed by atoms with Crippen molar-refractivity contribution in [3.05, 3.63) is 0 Å². The summed E-state index contributed by atoms with van der Waals surface area (Å²) >= 11 is 0. The zero-order valence-corrected chi connectivity index (χ0v) is 11.1. The van der Waals surface area contributed by atoms with Gasteiger partial charge in [-0.1, -0.05) is 13.8 Å². The van der Waals surface area contributed by atoms with Crippen molar-refractivity contribution >= 4 is 5.97 Å². The molecule has 0 aromatic heterocycles. The van der Waals surface area contributed by atoms with Gasteiger partial charge in [0.25, 0.3) is 0 Å². The second kappa shape index (κ2) is 5.38. The highest BCUT2D eigenvalue weighted by Gasteiger charge is 2.36. The highest BCUT2D eigenvalue weighted by atomic mass is 16.4. The van der Waals surface area contributed by atoms with E-state index in [1.807, 2.05) is 0 Å². The standard InChI is InChI=1S/C14H25NO2/c1-10-3-4-13(9-11(10)2)15(12-5-6-12)8-7-14(16)17/h10-13H,3-9H2,1-2H3,(H,16,17). The molecule has 2 aliphatic carbocycles. The van der Waals surface area contributed by atoms with E-state index >= 15 is 0 Å². The largest absolute Gasteiger partial charge is 0.481 e. The van der Waals surface area contributed by atoms with Crippen LogP contribution in [-0.2, 0) is 4.79 Å². The molecule has 0 radical (unpaired) electrons. The number of carboxylic acid groups (broad SMARTS) is 1. The second-order valence-corrected chi connectivity index (χ2v) is 6.03. The van der Waals surface area contributed by atoms with Crippen molar-refractivity contribution in [1.82, 2.24) is 4.90 Å². The first-order valence-corrected chi connectivity index (χ1v) is 7.05. The van der Waals surface area contributed by atoms with Crippen LogP contribution in [0.15, 0.2) is 0 Å². The lowest BCUT2D eigenvalue weighted by atomic mass is 9.78. The van der Waals surface area contributed by atoms with Crippen molar-refractivity contribution in [2.75, 3.05) is 6.54 Å². The molecule has 2 fully saturated rings. The van der Waals surface area contributed by atoms with Gasteiger partial charge in [0, 0.05) is 18.6 Å². The molecule has 17 heavy (non-hydrogen) atoms. The van der Waals surface area contributed by atoms with Crippen molar-refractivity contribution in [1.29, 1.82) is 0 Å². The molecule has 0 spiro atoms. The van der Waals surface area contributed by atoms with E-state index in [1.54, 1.807) is 0 Å². The normalized spacial score (nSPS) is 33.9. The minimum atomic E-state index is -0.659. The van der Waals surface area contributed by atoms with Crippen LogP contribution in [0.4, 0.5) is 0 Å². The fourth-order valence-corrected chi connectivity index (χ4v) is 3.11. The van der Waals surface area contributed by atoms with E-state index in [1.165, 1.54) is 32.1 Å². The lowest BCUT2D eigenvalue weighted by Crippen LogP contribution is -2.42. The molecule has 0 aromatic rings. The molecule has 0 bridgehead atoms. The van der Waals surface area contributed by atoms with Gasteiger partial charge in [0.2, 0.25) is 0 Å². The van der Waals surface area contributed by atoms with Crippen molar-refractivity contribution < 1.29 is 9.90 Å². The van der Waals surface area contributed by atoms with Crippen LogP contribution in [0.25, 0.3) is 0 Å². The summed E-state index contributed by atoms with van der Waals surface area (Å²) in [4.78, 5) is 13.2. The summed E-state index contributed by atoms with van der Waals surface area (Å²) in [5.74, 6) is 0.972. The summed E-state index contributed by atoms with van der Waals surface area (Å²) in [6.45, 7) is 5.45. The molecule has 3 nitrogen and oxygen atoms in total. The van der Waals surface area contributed by atoms with Gasteiger partial charge >= 0.3 is 5.97 Å². The Kier molecular flexibility index (Phi) is 4.08. The molecule has 2 aliphatic rings. The first kappa shape index (κ1) is 12.9. The van der Waals surface area contributed by atoms with E-state index in [4.69, 9.17) is 5.11 Å². The van der Waals surface area contributed by atoms with Gasteiger partial charge in [-0.05, 0) is 43.9 Å². The van der Waals surface area contributed by atoms with Gasteiger partial charge in [-0.25, -0.2) is 0 Å². The molecular formula is C14H25NO2. The second-order valence-electron chi connectivity index (χ2n) is 6.03. The van der Waals surface area contributed by atoms with Crippen LogP contribution in [0, 0.1) is 11.8 Å². The lowest BCUT2D eigenvalue weighted by molar-refractivity contribution is -0.137. The fourth-order valence-electron chi connectivity index (χ4n) is 3.11. The Morgan fingerprint density at radius 3 is 2.29 bits per heavy atom. The van der Waals surface area contributed by atoms with Gasteiger partial charge in [-0.2, -0.15) is 0 Å². The molecule has 1 N–H and O–H groups in total. The molecule has 0 aliphatic heterocycles. The summed E-state index contributed by atoms with van der Waals surface area (Å²) in [5.41, 5.74) is 0. The summed E-state index contributed by atoms with van der Waals surface area (Å²) in [7, 11) is 0. The average molecular weight is 239 g/mol. The average Bonchev–Trinajstić information content (AvgIpc) is 3.07. The Morgan fingerprint density at radius 2 is 1.76 bits per heavy atom. The molecule has 98 valence electrons. The molecule has 2 rings (SSSR count). The lowest BCUT2D eigenvalue weighted by Gasteiger charge is -2.39. The quantitative estimate of drug-likeness (QED) is 0.802.